The number of aromatic nitrogens is 4. The van der Waals surface area contributed by atoms with Crippen LogP contribution in [-0.2, 0) is 6.54 Å². The monoisotopic (exact) mass is 240 g/mol. The minimum Gasteiger partial charge on any atom is -0.384 e. The lowest BCUT2D eigenvalue weighted by molar-refractivity contribution is 0.962. The number of rotatable bonds is 2. The molecule has 0 saturated heterocycles. The molecular weight excluding hydrogens is 228 g/mol. The van der Waals surface area contributed by atoms with E-state index in [1.165, 1.54) is 0 Å². The van der Waals surface area contributed by atoms with Gasteiger partial charge in [-0.1, -0.05) is 6.07 Å². The molecule has 0 aromatic carbocycles. The summed E-state index contributed by atoms with van der Waals surface area (Å²) in [6.07, 6.45) is 5.28. The summed E-state index contributed by atoms with van der Waals surface area (Å²) in [5.74, 6) is 0.482. The number of hydrogen-bond acceptors (Lipinski definition) is 5. The van der Waals surface area contributed by atoms with E-state index in [2.05, 4.69) is 15.0 Å². The molecule has 0 amide bonds. The molecule has 0 spiro atoms. The van der Waals surface area contributed by atoms with Gasteiger partial charge in [-0.15, -0.1) is 0 Å². The van der Waals surface area contributed by atoms with Crippen molar-refractivity contribution >= 4 is 11.5 Å². The highest BCUT2D eigenvalue weighted by Gasteiger charge is 2.10. The molecule has 0 fully saturated rings. The molecule has 6 nitrogen and oxygen atoms in total. The summed E-state index contributed by atoms with van der Waals surface area (Å²) in [5, 5.41) is 0. The molecule has 3 rings (SSSR count). The lowest BCUT2D eigenvalue weighted by atomic mass is 10.3. The standard InChI is InChI=1S/C12H12N6/c13-6-9-12-16-7-10(18(12)5-4-15-9)8-2-1-3-11(14)17-8/h1-5,7H,6,13H2,(H2,14,17). The lowest BCUT2D eigenvalue weighted by Crippen LogP contribution is -2.03. The average Bonchev–Trinajstić information content (AvgIpc) is 2.82. The highest BCUT2D eigenvalue weighted by molar-refractivity contribution is 5.62. The van der Waals surface area contributed by atoms with Crippen LogP contribution in [0.1, 0.15) is 5.69 Å². The Labute approximate surface area is 103 Å². The van der Waals surface area contributed by atoms with Gasteiger partial charge in [-0.05, 0) is 12.1 Å². The predicted octanol–water partition coefficient (Wildman–Crippen LogP) is 0.832. The van der Waals surface area contributed by atoms with Crippen LogP contribution in [0.2, 0.25) is 0 Å². The van der Waals surface area contributed by atoms with Gasteiger partial charge in [0.15, 0.2) is 5.65 Å². The Balaban J connectivity index is 2.25. The zero-order chi connectivity index (χ0) is 12.5. The fraction of sp³-hybridized carbons (Fsp3) is 0.0833. The molecule has 6 heteroatoms. The van der Waals surface area contributed by atoms with Gasteiger partial charge in [-0.25, -0.2) is 9.97 Å². The molecule has 0 atom stereocenters. The van der Waals surface area contributed by atoms with E-state index in [0.29, 0.717) is 12.4 Å². The highest BCUT2D eigenvalue weighted by Crippen LogP contribution is 2.20. The van der Waals surface area contributed by atoms with Crippen molar-refractivity contribution in [3.63, 3.8) is 0 Å². The summed E-state index contributed by atoms with van der Waals surface area (Å²) in [6, 6.07) is 5.50. The van der Waals surface area contributed by atoms with Gasteiger partial charge in [0.2, 0.25) is 0 Å². The number of nitrogens with zero attached hydrogens (tertiary/aromatic N) is 4. The molecule has 3 aromatic rings. The van der Waals surface area contributed by atoms with Gasteiger partial charge in [0.05, 0.1) is 23.3 Å². The van der Waals surface area contributed by atoms with Crippen LogP contribution >= 0.6 is 0 Å². The largest absolute Gasteiger partial charge is 0.384 e. The topological polar surface area (TPSA) is 95.1 Å². The second-order valence-corrected chi connectivity index (χ2v) is 3.86. The zero-order valence-electron chi connectivity index (χ0n) is 9.61. The van der Waals surface area contributed by atoms with Gasteiger partial charge in [0.1, 0.15) is 5.82 Å². The van der Waals surface area contributed by atoms with Crippen molar-refractivity contribution in [2.45, 2.75) is 6.54 Å². The van der Waals surface area contributed by atoms with Gasteiger partial charge in [0.25, 0.3) is 0 Å². The summed E-state index contributed by atoms with van der Waals surface area (Å²) in [6.45, 7) is 0.352. The second kappa shape index (κ2) is 4.08. The summed E-state index contributed by atoms with van der Waals surface area (Å²) in [4.78, 5) is 12.8. The van der Waals surface area contributed by atoms with Crippen molar-refractivity contribution in [2.75, 3.05) is 5.73 Å². The first-order valence-electron chi connectivity index (χ1n) is 5.53. The SMILES string of the molecule is NCc1nccn2c(-c3cccc(N)n3)cnc12. The van der Waals surface area contributed by atoms with Crippen LogP contribution in [0.25, 0.3) is 17.0 Å². The quantitative estimate of drug-likeness (QED) is 0.691. The molecule has 3 heterocycles. The van der Waals surface area contributed by atoms with Crippen molar-refractivity contribution in [1.29, 1.82) is 0 Å². The molecule has 0 aliphatic rings. The third-order valence-electron chi connectivity index (χ3n) is 2.73. The van der Waals surface area contributed by atoms with E-state index in [4.69, 9.17) is 11.5 Å². The van der Waals surface area contributed by atoms with Gasteiger partial charge in [0, 0.05) is 18.9 Å². The predicted molar refractivity (Wildman–Crippen MR) is 68.5 cm³/mol. The first-order valence-corrected chi connectivity index (χ1v) is 5.53. The van der Waals surface area contributed by atoms with E-state index in [-0.39, 0.29) is 0 Å². The van der Waals surface area contributed by atoms with Crippen LogP contribution in [0.15, 0.2) is 36.8 Å². The van der Waals surface area contributed by atoms with Crippen LogP contribution in [-0.4, -0.2) is 19.4 Å². The van der Waals surface area contributed by atoms with Crippen molar-refractivity contribution in [1.82, 2.24) is 19.4 Å². The lowest BCUT2D eigenvalue weighted by Gasteiger charge is -2.03. The zero-order valence-corrected chi connectivity index (χ0v) is 9.61. The number of anilines is 1. The van der Waals surface area contributed by atoms with E-state index in [1.54, 1.807) is 18.5 Å². The molecule has 0 radical (unpaired) electrons. The Hall–Kier alpha value is -2.47. The van der Waals surface area contributed by atoms with Gasteiger partial charge in [-0.2, -0.15) is 0 Å². The van der Waals surface area contributed by atoms with Gasteiger partial charge < -0.3 is 11.5 Å². The van der Waals surface area contributed by atoms with Gasteiger partial charge >= 0.3 is 0 Å². The summed E-state index contributed by atoms with van der Waals surface area (Å²) in [5.41, 5.74) is 14.5. The third kappa shape index (κ3) is 1.59. The van der Waals surface area contributed by atoms with Crippen LogP contribution in [0.3, 0.4) is 0 Å². The Morgan fingerprint density at radius 2 is 2.11 bits per heavy atom. The van der Waals surface area contributed by atoms with Crippen molar-refractivity contribution in [2.24, 2.45) is 5.73 Å². The molecular formula is C12H12N6. The van der Waals surface area contributed by atoms with Crippen LogP contribution < -0.4 is 11.5 Å². The number of hydrogen-bond donors (Lipinski definition) is 2. The Morgan fingerprint density at radius 1 is 1.22 bits per heavy atom. The van der Waals surface area contributed by atoms with Crippen LogP contribution in [0, 0.1) is 0 Å². The highest BCUT2D eigenvalue weighted by atomic mass is 15.0. The average molecular weight is 240 g/mol. The third-order valence-corrected chi connectivity index (χ3v) is 2.73. The second-order valence-electron chi connectivity index (χ2n) is 3.86. The first-order chi connectivity index (χ1) is 8.79. The van der Waals surface area contributed by atoms with E-state index < -0.39 is 0 Å². The maximum atomic E-state index is 5.69. The number of fused-ring (bicyclic) bond motifs is 1. The van der Waals surface area contributed by atoms with Gasteiger partial charge in [-0.3, -0.25) is 9.38 Å². The summed E-state index contributed by atoms with van der Waals surface area (Å²) < 4.78 is 1.91. The molecule has 0 aliphatic heterocycles. The Morgan fingerprint density at radius 3 is 2.89 bits per heavy atom. The van der Waals surface area contributed by atoms with E-state index in [0.717, 1.165) is 22.7 Å². The van der Waals surface area contributed by atoms with Crippen LogP contribution in [0.5, 0.6) is 0 Å². The maximum absolute atomic E-state index is 5.69. The first kappa shape index (κ1) is 10.7. The maximum Gasteiger partial charge on any atom is 0.160 e. The summed E-state index contributed by atoms with van der Waals surface area (Å²) >= 11 is 0. The normalized spacial score (nSPS) is 10.9. The minimum absolute atomic E-state index is 0.352. The number of pyridine rings is 1. The Bertz CT molecular complexity index is 703. The smallest absolute Gasteiger partial charge is 0.160 e. The fourth-order valence-corrected chi connectivity index (χ4v) is 1.90. The molecule has 18 heavy (non-hydrogen) atoms. The van der Waals surface area contributed by atoms with Crippen LogP contribution in [0.4, 0.5) is 5.82 Å². The van der Waals surface area contributed by atoms with Crippen molar-refractivity contribution in [3.05, 3.63) is 42.5 Å². The fourth-order valence-electron chi connectivity index (χ4n) is 1.90. The molecule has 0 saturated carbocycles. The van der Waals surface area contributed by atoms with E-state index in [1.807, 2.05) is 22.7 Å². The minimum atomic E-state index is 0.352. The van der Waals surface area contributed by atoms with Crippen molar-refractivity contribution in [3.8, 4) is 11.4 Å². The molecule has 90 valence electrons. The molecule has 0 bridgehead atoms. The molecule has 0 unspecified atom stereocenters. The Kier molecular flexibility index (Phi) is 2.42. The number of imidazole rings is 1. The van der Waals surface area contributed by atoms with E-state index >= 15 is 0 Å². The molecule has 4 N–H and O–H groups in total. The number of nitrogens with two attached hydrogens (primary N) is 2. The van der Waals surface area contributed by atoms with Crippen molar-refractivity contribution < 1.29 is 0 Å². The molecule has 0 aliphatic carbocycles. The number of nitrogen functional groups attached to an aromatic ring is 1. The van der Waals surface area contributed by atoms with E-state index in [9.17, 15) is 0 Å². The summed E-state index contributed by atoms with van der Waals surface area (Å²) in [7, 11) is 0. The molecule has 3 aromatic heterocycles.